The van der Waals surface area contributed by atoms with E-state index in [2.05, 4.69) is 12.2 Å². The molecule has 1 amide bonds. The molecule has 92 valence electrons. The van der Waals surface area contributed by atoms with Crippen LogP contribution in [0, 0.1) is 11.8 Å². The molecule has 1 aliphatic rings. The Hall–Kier alpha value is -1.06. The molecule has 0 saturated heterocycles. The summed E-state index contributed by atoms with van der Waals surface area (Å²) < 4.78 is 0. The summed E-state index contributed by atoms with van der Waals surface area (Å²) in [5, 5.41) is 11.6. The van der Waals surface area contributed by atoms with Gasteiger partial charge in [-0.15, -0.1) is 0 Å². The minimum atomic E-state index is -0.836. The monoisotopic (exact) mass is 227 g/mol. The zero-order valence-electron chi connectivity index (χ0n) is 10.0. The molecule has 0 aromatic rings. The van der Waals surface area contributed by atoms with Gasteiger partial charge < -0.3 is 10.4 Å². The van der Waals surface area contributed by atoms with Crippen molar-refractivity contribution in [3.8, 4) is 0 Å². The lowest BCUT2D eigenvalue weighted by molar-refractivity contribution is -0.138. The van der Waals surface area contributed by atoms with Gasteiger partial charge in [0.25, 0.3) is 0 Å². The van der Waals surface area contributed by atoms with Gasteiger partial charge in [-0.1, -0.05) is 19.8 Å². The van der Waals surface area contributed by atoms with Crippen molar-refractivity contribution in [1.82, 2.24) is 5.32 Å². The first-order valence-electron chi connectivity index (χ1n) is 5.98. The Bertz CT molecular complexity index is 249. The maximum Gasteiger partial charge on any atom is 0.305 e. The van der Waals surface area contributed by atoms with Crippen LogP contribution in [-0.2, 0) is 9.59 Å². The van der Waals surface area contributed by atoms with Crippen LogP contribution in [0.3, 0.4) is 0 Å². The lowest BCUT2D eigenvalue weighted by Gasteiger charge is -2.32. The van der Waals surface area contributed by atoms with Gasteiger partial charge >= 0.3 is 5.97 Å². The summed E-state index contributed by atoms with van der Waals surface area (Å²) in [5.74, 6) is -0.00555. The quantitative estimate of drug-likeness (QED) is 0.769. The number of carboxylic acids is 1. The Kier molecular flexibility index (Phi) is 4.77. The van der Waals surface area contributed by atoms with Crippen LogP contribution in [0.2, 0.25) is 0 Å². The molecule has 0 heterocycles. The highest BCUT2D eigenvalue weighted by Gasteiger charge is 2.28. The zero-order chi connectivity index (χ0) is 12.1. The van der Waals surface area contributed by atoms with Crippen LogP contribution in [0.1, 0.15) is 46.0 Å². The Balaban J connectivity index is 2.58. The zero-order valence-corrected chi connectivity index (χ0v) is 10.0. The first kappa shape index (κ1) is 13.0. The first-order chi connectivity index (χ1) is 7.49. The number of carboxylic acid groups (broad SMARTS) is 1. The molecule has 0 aromatic heterocycles. The highest BCUT2D eigenvalue weighted by Crippen LogP contribution is 2.31. The second-order valence-electron chi connectivity index (χ2n) is 4.94. The molecular weight excluding hydrogens is 206 g/mol. The molecule has 1 fully saturated rings. The fourth-order valence-electron chi connectivity index (χ4n) is 2.63. The SMILES string of the molecule is CC(=O)N[C@H](CC(=O)O)C1CCCC(C)C1. The van der Waals surface area contributed by atoms with E-state index >= 15 is 0 Å². The molecule has 2 N–H and O–H groups in total. The number of rotatable bonds is 4. The number of nitrogens with one attached hydrogen (secondary N) is 1. The molecule has 4 nitrogen and oxygen atoms in total. The normalized spacial score (nSPS) is 27.1. The Labute approximate surface area is 96.4 Å². The molecule has 1 aliphatic carbocycles. The lowest BCUT2D eigenvalue weighted by Crippen LogP contribution is -2.42. The van der Waals surface area contributed by atoms with E-state index in [1.165, 1.54) is 13.3 Å². The van der Waals surface area contributed by atoms with Gasteiger partial charge in [0, 0.05) is 13.0 Å². The maximum absolute atomic E-state index is 11.1. The molecule has 0 aliphatic heterocycles. The molecule has 16 heavy (non-hydrogen) atoms. The molecule has 0 spiro atoms. The minimum absolute atomic E-state index is 0.0387. The summed E-state index contributed by atoms with van der Waals surface area (Å²) in [6, 6.07) is -0.197. The highest BCUT2D eigenvalue weighted by molar-refractivity contribution is 5.75. The van der Waals surface area contributed by atoms with Gasteiger partial charge in [-0.05, 0) is 24.7 Å². The van der Waals surface area contributed by atoms with E-state index in [0.717, 1.165) is 19.3 Å². The van der Waals surface area contributed by atoms with Crippen LogP contribution >= 0.6 is 0 Å². The largest absolute Gasteiger partial charge is 0.481 e. The maximum atomic E-state index is 11.1. The van der Waals surface area contributed by atoms with Crippen molar-refractivity contribution < 1.29 is 14.7 Å². The average Bonchev–Trinajstić information content (AvgIpc) is 2.15. The fraction of sp³-hybridized carbons (Fsp3) is 0.833. The van der Waals surface area contributed by atoms with Gasteiger partial charge in [0.2, 0.25) is 5.91 Å². The second-order valence-corrected chi connectivity index (χ2v) is 4.94. The Morgan fingerprint density at radius 2 is 2.12 bits per heavy atom. The lowest BCUT2D eigenvalue weighted by atomic mass is 9.77. The molecule has 1 rings (SSSR count). The van der Waals surface area contributed by atoms with E-state index in [0.29, 0.717) is 11.8 Å². The molecule has 3 atom stereocenters. The smallest absolute Gasteiger partial charge is 0.305 e. The predicted octanol–water partition coefficient (Wildman–Crippen LogP) is 1.79. The number of carbonyl (C=O) groups is 2. The van der Waals surface area contributed by atoms with Gasteiger partial charge in [-0.25, -0.2) is 0 Å². The molecule has 0 bridgehead atoms. The third kappa shape index (κ3) is 4.21. The van der Waals surface area contributed by atoms with E-state index in [1.54, 1.807) is 0 Å². The molecule has 2 unspecified atom stereocenters. The van der Waals surface area contributed by atoms with Crippen molar-refractivity contribution in [3.05, 3.63) is 0 Å². The van der Waals surface area contributed by atoms with Crippen LogP contribution < -0.4 is 5.32 Å². The Morgan fingerprint density at radius 1 is 1.44 bits per heavy atom. The second kappa shape index (κ2) is 5.87. The van der Waals surface area contributed by atoms with Crippen LogP contribution in [0.25, 0.3) is 0 Å². The molecule has 4 heteroatoms. The van der Waals surface area contributed by atoms with Crippen molar-refractivity contribution in [3.63, 3.8) is 0 Å². The van der Waals surface area contributed by atoms with Gasteiger partial charge in [0.1, 0.15) is 0 Å². The van der Waals surface area contributed by atoms with E-state index in [9.17, 15) is 9.59 Å². The van der Waals surface area contributed by atoms with Crippen molar-refractivity contribution in [1.29, 1.82) is 0 Å². The highest BCUT2D eigenvalue weighted by atomic mass is 16.4. The predicted molar refractivity (Wildman–Crippen MR) is 61.0 cm³/mol. The summed E-state index contributed by atoms with van der Waals surface area (Å²) in [7, 11) is 0. The summed E-state index contributed by atoms with van der Waals surface area (Å²) in [5.41, 5.74) is 0. The molecule has 1 saturated carbocycles. The molecule has 0 radical (unpaired) electrons. The topological polar surface area (TPSA) is 66.4 Å². The summed E-state index contributed by atoms with van der Waals surface area (Å²) in [6.45, 7) is 3.64. The number of hydrogen-bond donors (Lipinski definition) is 2. The molecular formula is C12H21NO3. The summed E-state index contributed by atoms with van der Waals surface area (Å²) in [4.78, 5) is 21.8. The number of aliphatic carboxylic acids is 1. The minimum Gasteiger partial charge on any atom is -0.481 e. The van der Waals surface area contributed by atoms with Gasteiger partial charge in [-0.3, -0.25) is 9.59 Å². The van der Waals surface area contributed by atoms with E-state index in [4.69, 9.17) is 5.11 Å². The summed E-state index contributed by atoms with van der Waals surface area (Å²) in [6.07, 6.45) is 4.45. The number of carbonyl (C=O) groups excluding carboxylic acids is 1. The van der Waals surface area contributed by atoms with E-state index < -0.39 is 5.97 Å². The van der Waals surface area contributed by atoms with Gasteiger partial charge in [-0.2, -0.15) is 0 Å². The number of hydrogen-bond acceptors (Lipinski definition) is 2. The van der Waals surface area contributed by atoms with Crippen molar-refractivity contribution >= 4 is 11.9 Å². The third-order valence-corrected chi connectivity index (χ3v) is 3.33. The average molecular weight is 227 g/mol. The van der Waals surface area contributed by atoms with Crippen molar-refractivity contribution in [2.24, 2.45) is 11.8 Å². The molecule has 0 aromatic carbocycles. The number of amides is 1. The Morgan fingerprint density at radius 3 is 2.62 bits per heavy atom. The van der Waals surface area contributed by atoms with Crippen LogP contribution in [0.15, 0.2) is 0 Å². The first-order valence-corrected chi connectivity index (χ1v) is 5.98. The van der Waals surface area contributed by atoms with Crippen molar-refractivity contribution in [2.75, 3.05) is 0 Å². The van der Waals surface area contributed by atoms with E-state index in [1.807, 2.05) is 0 Å². The van der Waals surface area contributed by atoms with Crippen LogP contribution in [0.4, 0.5) is 0 Å². The third-order valence-electron chi connectivity index (χ3n) is 3.33. The van der Waals surface area contributed by atoms with Crippen LogP contribution in [0.5, 0.6) is 0 Å². The standard InChI is InChI=1S/C12H21NO3/c1-8-4-3-5-10(6-8)11(7-12(15)16)13-9(2)14/h8,10-11H,3-7H2,1-2H3,(H,13,14)(H,15,16)/t8?,10?,11-/m1/s1. The van der Waals surface area contributed by atoms with Gasteiger partial charge in [0.15, 0.2) is 0 Å². The van der Waals surface area contributed by atoms with Gasteiger partial charge in [0.05, 0.1) is 6.42 Å². The van der Waals surface area contributed by atoms with E-state index in [-0.39, 0.29) is 18.4 Å². The van der Waals surface area contributed by atoms with Crippen LogP contribution in [-0.4, -0.2) is 23.0 Å². The summed E-state index contributed by atoms with van der Waals surface area (Å²) >= 11 is 0. The van der Waals surface area contributed by atoms with Crippen molar-refractivity contribution in [2.45, 2.75) is 52.0 Å². The fourth-order valence-corrected chi connectivity index (χ4v) is 2.63.